The molecule has 0 unspecified atom stereocenters. The lowest BCUT2D eigenvalue weighted by Crippen LogP contribution is -2.36. The molecule has 1 N–H and O–H groups in total. The van der Waals surface area contributed by atoms with E-state index in [1.165, 1.54) is 43.4 Å². The molecule has 2 fully saturated rings. The molecule has 22 heavy (non-hydrogen) atoms. The van der Waals surface area contributed by atoms with Gasteiger partial charge < -0.3 is 19.7 Å². The third-order valence-corrected chi connectivity index (χ3v) is 4.80. The van der Waals surface area contributed by atoms with Crippen molar-refractivity contribution in [1.82, 2.24) is 5.32 Å². The Bertz CT molecular complexity index is 466. The van der Waals surface area contributed by atoms with Gasteiger partial charge in [-0.15, -0.1) is 0 Å². The van der Waals surface area contributed by atoms with Gasteiger partial charge in [-0.1, -0.05) is 25.3 Å². The highest BCUT2D eigenvalue weighted by molar-refractivity contribution is 5.60. The van der Waals surface area contributed by atoms with Crippen LogP contribution >= 0.6 is 0 Å². The van der Waals surface area contributed by atoms with Crippen molar-refractivity contribution in [2.45, 2.75) is 44.7 Å². The molecule has 3 rings (SSSR count). The fourth-order valence-electron chi connectivity index (χ4n) is 3.47. The second-order valence-corrected chi connectivity index (χ2v) is 6.32. The fraction of sp³-hybridized carbons (Fsp3) is 0.667. The van der Waals surface area contributed by atoms with Gasteiger partial charge in [-0.05, 0) is 30.5 Å². The van der Waals surface area contributed by atoms with Crippen LogP contribution in [0.5, 0.6) is 5.75 Å². The number of ether oxygens (including phenoxy) is 2. The minimum atomic E-state index is 0.693. The van der Waals surface area contributed by atoms with E-state index in [1.54, 1.807) is 7.11 Å². The topological polar surface area (TPSA) is 33.7 Å². The van der Waals surface area contributed by atoms with Crippen molar-refractivity contribution in [2.24, 2.45) is 0 Å². The predicted octanol–water partition coefficient (Wildman–Crippen LogP) is 2.95. The maximum atomic E-state index is 5.62. The Labute approximate surface area is 133 Å². The summed E-state index contributed by atoms with van der Waals surface area (Å²) in [7, 11) is 1.76. The highest BCUT2D eigenvalue weighted by atomic mass is 16.5. The highest BCUT2D eigenvalue weighted by Gasteiger charge is 2.16. The fourth-order valence-corrected chi connectivity index (χ4v) is 3.47. The molecule has 122 valence electrons. The Kier molecular flexibility index (Phi) is 5.57. The van der Waals surface area contributed by atoms with E-state index in [0.29, 0.717) is 6.04 Å². The molecular formula is C18H28N2O2. The van der Waals surface area contributed by atoms with Crippen LogP contribution < -0.4 is 15.0 Å². The van der Waals surface area contributed by atoms with Crippen LogP contribution in [0.4, 0.5) is 5.69 Å². The van der Waals surface area contributed by atoms with Crippen LogP contribution in [-0.2, 0) is 11.3 Å². The summed E-state index contributed by atoms with van der Waals surface area (Å²) in [6.45, 7) is 4.42. The molecule has 0 aromatic heterocycles. The van der Waals surface area contributed by atoms with Gasteiger partial charge in [-0.25, -0.2) is 0 Å². The maximum absolute atomic E-state index is 5.62. The molecule has 1 aromatic rings. The van der Waals surface area contributed by atoms with Crippen molar-refractivity contribution >= 4 is 5.69 Å². The number of methoxy groups -OCH3 is 1. The molecule has 2 aliphatic rings. The summed E-state index contributed by atoms with van der Waals surface area (Å²) in [5, 5.41) is 3.70. The van der Waals surface area contributed by atoms with Crippen LogP contribution in [0, 0.1) is 0 Å². The van der Waals surface area contributed by atoms with E-state index in [1.807, 2.05) is 0 Å². The van der Waals surface area contributed by atoms with E-state index in [4.69, 9.17) is 9.47 Å². The van der Waals surface area contributed by atoms with Crippen LogP contribution in [0.15, 0.2) is 18.2 Å². The molecule has 0 amide bonds. The van der Waals surface area contributed by atoms with E-state index in [9.17, 15) is 0 Å². The molecule has 1 heterocycles. The SMILES string of the molecule is COc1cc(CNC2CCCCC2)ccc1N1CCOCC1. The number of nitrogens with zero attached hydrogens (tertiary/aromatic N) is 1. The summed E-state index contributed by atoms with van der Waals surface area (Å²) in [6.07, 6.45) is 6.79. The molecule has 4 nitrogen and oxygen atoms in total. The van der Waals surface area contributed by atoms with E-state index >= 15 is 0 Å². The lowest BCUT2D eigenvalue weighted by atomic mass is 9.95. The molecule has 0 radical (unpaired) electrons. The van der Waals surface area contributed by atoms with Crippen LogP contribution in [0.1, 0.15) is 37.7 Å². The smallest absolute Gasteiger partial charge is 0.142 e. The summed E-state index contributed by atoms with van der Waals surface area (Å²) in [5.41, 5.74) is 2.49. The number of hydrogen-bond donors (Lipinski definition) is 1. The minimum Gasteiger partial charge on any atom is -0.495 e. The zero-order valence-corrected chi connectivity index (χ0v) is 13.6. The normalized spacial score (nSPS) is 20.1. The summed E-state index contributed by atoms with van der Waals surface area (Å²) >= 11 is 0. The molecule has 1 aliphatic heterocycles. The van der Waals surface area contributed by atoms with Crippen LogP contribution in [-0.4, -0.2) is 39.5 Å². The second kappa shape index (κ2) is 7.84. The Balaban J connectivity index is 1.62. The van der Waals surface area contributed by atoms with Crippen LogP contribution in [0.25, 0.3) is 0 Å². The Morgan fingerprint density at radius 3 is 2.68 bits per heavy atom. The number of anilines is 1. The van der Waals surface area contributed by atoms with Crippen LogP contribution in [0.3, 0.4) is 0 Å². The lowest BCUT2D eigenvalue weighted by Gasteiger charge is -2.30. The van der Waals surface area contributed by atoms with E-state index in [0.717, 1.165) is 38.6 Å². The largest absolute Gasteiger partial charge is 0.495 e. The summed E-state index contributed by atoms with van der Waals surface area (Å²) in [4.78, 5) is 2.35. The molecule has 0 atom stereocenters. The quantitative estimate of drug-likeness (QED) is 0.907. The highest BCUT2D eigenvalue weighted by Crippen LogP contribution is 2.30. The Morgan fingerprint density at radius 2 is 1.95 bits per heavy atom. The van der Waals surface area contributed by atoms with E-state index < -0.39 is 0 Å². The molecule has 0 bridgehead atoms. The first-order valence-corrected chi connectivity index (χ1v) is 8.60. The summed E-state index contributed by atoms with van der Waals surface area (Å²) in [6, 6.07) is 7.30. The third-order valence-electron chi connectivity index (χ3n) is 4.80. The Hall–Kier alpha value is -1.26. The average Bonchev–Trinajstić information content (AvgIpc) is 2.61. The van der Waals surface area contributed by atoms with Crippen LogP contribution in [0.2, 0.25) is 0 Å². The molecule has 0 spiro atoms. The zero-order valence-electron chi connectivity index (χ0n) is 13.6. The summed E-state index contributed by atoms with van der Waals surface area (Å²) < 4.78 is 11.1. The number of nitrogens with one attached hydrogen (secondary N) is 1. The predicted molar refractivity (Wildman–Crippen MR) is 89.7 cm³/mol. The number of rotatable bonds is 5. The lowest BCUT2D eigenvalue weighted by molar-refractivity contribution is 0.122. The van der Waals surface area contributed by atoms with Crippen molar-refractivity contribution in [1.29, 1.82) is 0 Å². The van der Waals surface area contributed by atoms with Crippen molar-refractivity contribution < 1.29 is 9.47 Å². The maximum Gasteiger partial charge on any atom is 0.142 e. The van der Waals surface area contributed by atoms with Crippen molar-refractivity contribution in [3.8, 4) is 5.75 Å². The number of morpholine rings is 1. The molecule has 4 heteroatoms. The second-order valence-electron chi connectivity index (χ2n) is 6.32. The van der Waals surface area contributed by atoms with Gasteiger partial charge in [0.05, 0.1) is 26.0 Å². The standard InChI is InChI=1S/C18H28N2O2/c1-21-18-13-15(14-19-16-5-3-2-4-6-16)7-8-17(18)20-9-11-22-12-10-20/h7-8,13,16,19H,2-6,9-12,14H2,1H3. The molecule has 1 saturated carbocycles. The number of hydrogen-bond acceptors (Lipinski definition) is 4. The Morgan fingerprint density at radius 1 is 1.18 bits per heavy atom. The van der Waals surface area contributed by atoms with Gasteiger partial charge in [0.2, 0.25) is 0 Å². The zero-order chi connectivity index (χ0) is 15.2. The van der Waals surface area contributed by atoms with Crippen molar-refractivity contribution in [2.75, 3.05) is 38.3 Å². The van der Waals surface area contributed by atoms with Gasteiger partial charge in [0.1, 0.15) is 5.75 Å². The average molecular weight is 304 g/mol. The third kappa shape index (κ3) is 3.93. The van der Waals surface area contributed by atoms with E-state index in [-0.39, 0.29) is 0 Å². The van der Waals surface area contributed by atoms with Gasteiger partial charge in [-0.2, -0.15) is 0 Å². The van der Waals surface area contributed by atoms with Gasteiger partial charge in [0.25, 0.3) is 0 Å². The monoisotopic (exact) mass is 304 g/mol. The first-order chi connectivity index (χ1) is 10.9. The number of benzene rings is 1. The molecule has 1 aromatic carbocycles. The van der Waals surface area contributed by atoms with Gasteiger partial charge >= 0.3 is 0 Å². The first kappa shape index (κ1) is 15.6. The van der Waals surface area contributed by atoms with Gasteiger partial charge in [-0.3, -0.25) is 0 Å². The molecular weight excluding hydrogens is 276 g/mol. The van der Waals surface area contributed by atoms with Crippen molar-refractivity contribution in [3.63, 3.8) is 0 Å². The minimum absolute atomic E-state index is 0.693. The first-order valence-electron chi connectivity index (χ1n) is 8.60. The summed E-state index contributed by atoms with van der Waals surface area (Å²) in [5.74, 6) is 0.977. The van der Waals surface area contributed by atoms with Crippen molar-refractivity contribution in [3.05, 3.63) is 23.8 Å². The van der Waals surface area contributed by atoms with E-state index in [2.05, 4.69) is 28.4 Å². The van der Waals surface area contributed by atoms with Gasteiger partial charge in [0.15, 0.2) is 0 Å². The molecule has 1 saturated heterocycles. The molecule has 1 aliphatic carbocycles. The van der Waals surface area contributed by atoms with Gasteiger partial charge in [0, 0.05) is 25.7 Å².